The number of methoxy groups -OCH3 is 1. The van der Waals surface area contributed by atoms with Crippen LogP contribution in [0.1, 0.15) is 33.1 Å². The Balaban J connectivity index is 1.90. The van der Waals surface area contributed by atoms with Gasteiger partial charge in [-0.1, -0.05) is 42.0 Å². The average molecular weight is 428 g/mol. The standard InChI is InChI=1S/C25H20N2O5/c1-15-5-7-17(8-6-15)22(28)20-21(16-9-11-18(12-10-16)25(31)32-2)27(24(30)23(20)29)19-4-3-13-26-14-19/h3-14,21,28H,1-2H3/t21-/m1/s1. The first-order valence-electron chi connectivity index (χ1n) is 9.88. The van der Waals surface area contributed by atoms with Crippen LogP contribution in [-0.4, -0.2) is 34.9 Å². The quantitative estimate of drug-likeness (QED) is 0.294. The van der Waals surface area contributed by atoms with Gasteiger partial charge in [0.1, 0.15) is 5.76 Å². The third-order valence-electron chi connectivity index (χ3n) is 5.34. The second-order valence-electron chi connectivity index (χ2n) is 7.36. The molecule has 2 heterocycles. The van der Waals surface area contributed by atoms with E-state index in [0.29, 0.717) is 22.4 Å². The summed E-state index contributed by atoms with van der Waals surface area (Å²) in [4.78, 5) is 43.3. The zero-order valence-electron chi connectivity index (χ0n) is 17.5. The van der Waals surface area contributed by atoms with Crippen molar-refractivity contribution in [2.24, 2.45) is 0 Å². The molecule has 1 aromatic heterocycles. The molecule has 0 aliphatic carbocycles. The molecule has 4 rings (SSSR count). The number of pyridine rings is 1. The van der Waals surface area contributed by atoms with E-state index in [4.69, 9.17) is 4.74 Å². The van der Waals surface area contributed by atoms with Crippen LogP contribution in [0, 0.1) is 6.92 Å². The molecule has 32 heavy (non-hydrogen) atoms. The number of hydrogen-bond acceptors (Lipinski definition) is 6. The van der Waals surface area contributed by atoms with Gasteiger partial charge in [-0.2, -0.15) is 0 Å². The molecule has 1 N–H and O–H groups in total. The number of ether oxygens (including phenoxy) is 1. The highest BCUT2D eigenvalue weighted by molar-refractivity contribution is 6.51. The van der Waals surface area contributed by atoms with Gasteiger partial charge in [-0.25, -0.2) is 4.79 Å². The summed E-state index contributed by atoms with van der Waals surface area (Å²) in [7, 11) is 1.29. The Morgan fingerprint density at radius 2 is 1.66 bits per heavy atom. The highest BCUT2D eigenvalue weighted by Gasteiger charge is 2.47. The lowest BCUT2D eigenvalue weighted by atomic mass is 9.94. The van der Waals surface area contributed by atoms with Crippen molar-refractivity contribution in [3.8, 4) is 0 Å². The molecule has 0 spiro atoms. The van der Waals surface area contributed by atoms with Gasteiger partial charge in [0.25, 0.3) is 11.7 Å². The van der Waals surface area contributed by atoms with Gasteiger partial charge in [0.2, 0.25) is 0 Å². The number of aromatic nitrogens is 1. The average Bonchev–Trinajstić information content (AvgIpc) is 3.09. The fourth-order valence-corrected chi connectivity index (χ4v) is 3.70. The third kappa shape index (κ3) is 3.65. The van der Waals surface area contributed by atoms with E-state index < -0.39 is 23.7 Å². The van der Waals surface area contributed by atoms with Crippen molar-refractivity contribution >= 4 is 29.1 Å². The van der Waals surface area contributed by atoms with Gasteiger partial charge in [0.05, 0.1) is 36.2 Å². The fraction of sp³-hybridized carbons (Fsp3) is 0.120. The van der Waals surface area contributed by atoms with Crippen LogP contribution in [0.15, 0.2) is 78.6 Å². The van der Waals surface area contributed by atoms with E-state index in [1.165, 1.54) is 18.2 Å². The largest absolute Gasteiger partial charge is 0.507 e. The van der Waals surface area contributed by atoms with Gasteiger partial charge >= 0.3 is 5.97 Å². The number of Topliss-reactive ketones (excluding diaryl/α,β-unsaturated/α-hetero) is 1. The van der Waals surface area contributed by atoms with Crippen LogP contribution in [-0.2, 0) is 14.3 Å². The molecule has 1 aliphatic rings. The minimum absolute atomic E-state index is 0.0338. The van der Waals surface area contributed by atoms with Crippen molar-refractivity contribution in [2.45, 2.75) is 13.0 Å². The molecule has 1 fully saturated rings. The summed E-state index contributed by atoms with van der Waals surface area (Å²) in [5.41, 5.74) is 2.68. The molecule has 1 atom stereocenters. The molecular weight excluding hydrogens is 408 g/mol. The lowest BCUT2D eigenvalue weighted by molar-refractivity contribution is -0.132. The molecule has 1 aliphatic heterocycles. The summed E-state index contributed by atoms with van der Waals surface area (Å²) < 4.78 is 4.74. The van der Waals surface area contributed by atoms with Gasteiger partial charge in [-0.3, -0.25) is 19.5 Å². The maximum Gasteiger partial charge on any atom is 0.337 e. The number of rotatable bonds is 4. The SMILES string of the molecule is COC(=O)c1ccc([C@@H]2C(=C(O)c3ccc(C)cc3)C(=O)C(=O)N2c2cccnc2)cc1. The van der Waals surface area contributed by atoms with Gasteiger partial charge < -0.3 is 9.84 Å². The molecule has 0 radical (unpaired) electrons. The molecule has 1 amide bonds. The predicted molar refractivity (Wildman–Crippen MR) is 118 cm³/mol. The van der Waals surface area contributed by atoms with Crippen LogP contribution in [0.2, 0.25) is 0 Å². The number of anilines is 1. The maximum atomic E-state index is 13.1. The van der Waals surface area contributed by atoms with Crippen LogP contribution in [0.25, 0.3) is 5.76 Å². The molecule has 2 aromatic carbocycles. The van der Waals surface area contributed by atoms with E-state index in [0.717, 1.165) is 5.56 Å². The number of aliphatic hydroxyl groups excluding tert-OH is 1. The zero-order chi connectivity index (χ0) is 22.8. The summed E-state index contributed by atoms with van der Waals surface area (Å²) >= 11 is 0. The first kappa shape index (κ1) is 21.0. The van der Waals surface area contributed by atoms with Gasteiger partial charge in [0.15, 0.2) is 0 Å². The number of aryl methyl sites for hydroxylation is 1. The molecule has 160 valence electrons. The van der Waals surface area contributed by atoms with Crippen molar-refractivity contribution < 1.29 is 24.2 Å². The maximum absolute atomic E-state index is 13.1. The Morgan fingerprint density at radius 3 is 2.25 bits per heavy atom. The Bertz CT molecular complexity index is 1220. The second-order valence-corrected chi connectivity index (χ2v) is 7.36. The Hall–Kier alpha value is -4.26. The summed E-state index contributed by atoms with van der Waals surface area (Å²) in [6, 6.07) is 15.8. The topological polar surface area (TPSA) is 96.8 Å². The van der Waals surface area contributed by atoms with E-state index in [2.05, 4.69) is 4.98 Å². The lowest BCUT2D eigenvalue weighted by Crippen LogP contribution is -2.29. The predicted octanol–water partition coefficient (Wildman–Crippen LogP) is 3.80. The van der Waals surface area contributed by atoms with Crippen LogP contribution >= 0.6 is 0 Å². The van der Waals surface area contributed by atoms with E-state index in [-0.39, 0.29) is 11.3 Å². The van der Waals surface area contributed by atoms with Gasteiger partial charge in [-0.15, -0.1) is 0 Å². The summed E-state index contributed by atoms with van der Waals surface area (Å²) in [6.45, 7) is 1.91. The van der Waals surface area contributed by atoms with E-state index in [1.807, 2.05) is 19.1 Å². The van der Waals surface area contributed by atoms with Crippen molar-refractivity contribution in [3.63, 3.8) is 0 Å². The molecular formula is C25H20N2O5. The van der Waals surface area contributed by atoms with Crippen molar-refractivity contribution in [1.82, 2.24) is 4.98 Å². The second kappa shape index (κ2) is 8.47. The normalized spacial score (nSPS) is 17.4. The van der Waals surface area contributed by atoms with Crippen molar-refractivity contribution in [1.29, 1.82) is 0 Å². The number of aliphatic hydroxyl groups is 1. The number of carbonyl (C=O) groups is 3. The number of nitrogens with zero attached hydrogens (tertiary/aromatic N) is 2. The van der Waals surface area contributed by atoms with E-state index in [9.17, 15) is 19.5 Å². The van der Waals surface area contributed by atoms with Crippen LogP contribution < -0.4 is 4.90 Å². The molecule has 7 nitrogen and oxygen atoms in total. The van der Waals surface area contributed by atoms with Crippen LogP contribution in [0.3, 0.4) is 0 Å². The fourth-order valence-electron chi connectivity index (χ4n) is 3.70. The van der Waals surface area contributed by atoms with Crippen molar-refractivity contribution in [3.05, 3.63) is 101 Å². The van der Waals surface area contributed by atoms with Gasteiger partial charge in [-0.05, 0) is 36.8 Å². The van der Waals surface area contributed by atoms with E-state index in [1.54, 1.807) is 54.7 Å². The molecule has 0 unspecified atom stereocenters. The summed E-state index contributed by atoms with van der Waals surface area (Å²) in [6.07, 6.45) is 3.04. The summed E-state index contributed by atoms with van der Waals surface area (Å²) in [5, 5.41) is 11.1. The molecule has 3 aromatic rings. The Kier molecular flexibility index (Phi) is 5.55. The molecule has 0 saturated carbocycles. The van der Waals surface area contributed by atoms with Crippen LogP contribution in [0.5, 0.6) is 0 Å². The Labute approximate surface area is 184 Å². The number of hydrogen-bond donors (Lipinski definition) is 1. The first-order valence-corrected chi connectivity index (χ1v) is 9.88. The minimum Gasteiger partial charge on any atom is -0.507 e. The number of benzene rings is 2. The smallest absolute Gasteiger partial charge is 0.337 e. The Morgan fingerprint density at radius 1 is 1.00 bits per heavy atom. The number of amides is 1. The minimum atomic E-state index is -0.896. The molecule has 0 bridgehead atoms. The van der Waals surface area contributed by atoms with Crippen molar-refractivity contribution in [2.75, 3.05) is 12.0 Å². The zero-order valence-corrected chi connectivity index (χ0v) is 17.5. The molecule has 1 saturated heterocycles. The highest BCUT2D eigenvalue weighted by Crippen LogP contribution is 2.41. The molecule has 7 heteroatoms. The van der Waals surface area contributed by atoms with Gasteiger partial charge in [0, 0.05) is 11.8 Å². The monoisotopic (exact) mass is 428 g/mol. The summed E-state index contributed by atoms with van der Waals surface area (Å²) in [5.74, 6) is -2.34. The highest BCUT2D eigenvalue weighted by atomic mass is 16.5. The number of esters is 1. The number of ketones is 1. The number of carbonyl (C=O) groups excluding carboxylic acids is 3. The first-order chi connectivity index (χ1) is 15.4. The lowest BCUT2D eigenvalue weighted by Gasteiger charge is -2.25. The van der Waals surface area contributed by atoms with Crippen LogP contribution in [0.4, 0.5) is 5.69 Å². The third-order valence-corrected chi connectivity index (χ3v) is 5.34. The van der Waals surface area contributed by atoms with E-state index >= 15 is 0 Å².